The smallest absolute Gasteiger partial charge is 0.280 e. The van der Waals surface area contributed by atoms with Crippen LogP contribution in [-0.2, 0) is 33.8 Å². The Hall–Kier alpha value is -6.00. The molecule has 2 unspecified atom stereocenters. The fourth-order valence-corrected chi connectivity index (χ4v) is 12.5. The molecule has 0 bridgehead atoms. The zero-order valence-corrected chi connectivity index (χ0v) is 48.8. The summed E-state index contributed by atoms with van der Waals surface area (Å²) < 4.78 is 50.0. The van der Waals surface area contributed by atoms with Crippen molar-refractivity contribution in [2.45, 2.75) is 147 Å². The van der Waals surface area contributed by atoms with Gasteiger partial charge < -0.3 is 37.5 Å². The predicted octanol–water partition coefficient (Wildman–Crippen LogP) is 10.8. The number of nitrogens with one attached hydrogen (secondary N) is 2. The van der Waals surface area contributed by atoms with E-state index < -0.39 is 64.4 Å². The molecule has 6 atom stereocenters. The number of aromatic amines is 1. The van der Waals surface area contributed by atoms with Gasteiger partial charge in [0.2, 0.25) is 5.95 Å². The van der Waals surface area contributed by atoms with Gasteiger partial charge in [-0.1, -0.05) is 108 Å². The van der Waals surface area contributed by atoms with Gasteiger partial charge >= 0.3 is 0 Å². The number of ether oxygens (including phenoxy) is 4. The maximum Gasteiger partial charge on any atom is 0.280 e. The number of H-pyrrole nitrogens is 1. The molecule has 3 N–H and O–H groups in total. The topological polar surface area (TPSA) is 205 Å². The molecule has 1 amide bonds. The lowest BCUT2D eigenvalue weighted by Crippen LogP contribution is -2.55. The summed E-state index contributed by atoms with van der Waals surface area (Å²) in [7, 11) is -1.66. The van der Waals surface area contributed by atoms with Gasteiger partial charge in [0, 0.05) is 12.1 Å². The molecular weight excluding hydrogens is 1010 g/mol. The summed E-state index contributed by atoms with van der Waals surface area (Å²) in [6.07, 6.45) is -4.49. The molecule has 1 aliphatic rings. The van der Waals surface area contributed by atoms with Crippen LogP contribution in [0.4, 0.5) is 5.95 Å². The van der Waals surface area contributed by atoms with Crippen molar-refractivity contribution in [3.05, 3.63) is 142 Å². The number of imidazole rings is 1. The van der Waals surface area contributed by atoms with Gasteiger partial charge in [-0.2, -0.15) is 10.2 Å². The van der Waals surface area contributed by atoms with Crippen molar-refractivity contribution in [1.82, 2.24) is 24.2 Å². The molecule has 1 fully saturated rings. The predicted molar refractivity (Wildman–Crippen MR) is 302 cm³/mol. The number of aliphatic hydroxyl groups is 1. The number of methoxy groups -OCH3 is 2. The van der Waals surface area contributed by atoms with E-state index in [9.17, 15) is 20.0 Å². The third-order valence-corrected chi connectivity index (χ3v) is 21.1. The highest BCUT2D eigenvalue weighted by atomic mass is 31.2. The average Bonchev–Trinajstić information content (AvgIpc) is 4.00. The normalized spacial score (nSPS) is 18.1. The molecular formula is C58H76N7O10PSi. The summed E-state index contributed by atoms with van der Waals surface area (Å²) in [6.45, 7) is 24.9. The summed E-state index contributed by atoms with van der Waals surface area (Å²) in [6, 6.07) is 34.5. The highest BCUT2D eigenvalue weighted by Crippen LogP contribution is 2.55. The molecule has 0 saturated carbocycles. The number of carbonyl (C=O) groups is 1. The van der Waals surface area contributed by atoms with Crippen LogP contribution < -0.4 is 25.1 Å². The maximum absolute atomic E-state index is 14.1. The minimum atomic E-state index is -2.86. The number of anilines is 1. The van der Waals surface area contributed by atoms with Crippen LogP contribution in [0.3, 0.4) is 0 Å². The number of carbonyl (C=O) groups excluding carboxylic acids is 1. The summed E-state index contributed by atoms with van der Waals surface area (Å²) in [4.78, 5) is 39.6. The van der Waals surface area contributed by atoms with E-state index in [0.29, 0.717) is 28.4 Å². The molecule has 7 rings (SSSR count). The largest absolute Gasteiger partial charge is 0.497 e. The van der Waals surface area contributed by atoms with E-state index >= 15 is 0 Å². The molecule has 6 aromatic rings. The Morgan fingerprint density at radius 1 is 0.844 bits per heavy atom. The first-order valence-electron chi connectivity index (χ1n) is 26.1. The molecule has 3 heterocycles. The van der Waals surface area contributed by atoms with Crippen molar-refractivity contribution in [3.8, 4) is 23.3 Å². The van der Waals surface area contributed by atoms with Gasteiger partial charge in [0.05, 0.1) is 45.1 Å². The van der Waals surface area contributed by atoms with Crippen molar-refractivity contribution in [2.24, 2.45) is 0 Å². The van der Waals surface area contributed by atoms with Gasteiger partial charge in [0.25, 0.3) is 20.0 Å². The van der Waals surface area contributed by atoms with Crippen molar-refractivity contribution in [1.29, 1.82) is 5.26 Å². The lowest BCUT2D eigenvalue weighted by molar-refractivity contribution is -0.118. The number of rotatable bonds is 22. The molecule has 77 heavy (non-hydrogen) atoms. The monoisotopic (exact) mass is 1090 g/mol. The van der Waals surface area contributed by atoms with E-state index in [1.807, 2.05) is 103 Å². The Morgan fingerprint density at radius 2 is 1.39 bits per heavy atom. The standard InChI is InChI=1S/C58H76N7O10PSi/c1-37(2)65(38(3)4)76(72-34-18-33-59)74-48-49(51(67)58(40-19-16-15-17-20-40,41-23-27-43(69-11)28-24-41)42-25-29-44(70-12)30-26-42)73-54(50(48)75-77(13,14)57(8,9)10)64-36-60-47-52(64)62-55(63-53(47)68)61-46(66)35-71-45-31-21-39(22-32-45)56(5,6)7/h15-17,19-32,36-38,48-51,54,67H,18,34-35H2,1-14H3,(H2,61,62,63,66,68)/t48-,49+,50-,51?,54-,76?/m1/s1. The zero-order chi connectivity index (χ0) is 56.0. The van der Waals surface area contributed by atoms with Crippen LogP contribution in [0.1, 0.15) is 104 Å². The first-order valence-corrected chi connectivity index (χ1v) is 30.1. The van der Waals surface area contributed by atoms with E-state index in [4.69, 9.17) is 37.4 Å². The molecule has 0 radical (unpaired) electrons. The molecule has 2 aromatic heterocycles. The summed E-state index contributed by atoms with van der Waals surface area (Å²) in [5, 5.41) is 26.2. The number of hydrogen-bond acceptors (Lipinski definition) is 14. The van der Waals surface area contributed by atoms with Gasteiger partial charge in [-0.05, 0) is 110 Å². The summed E-state index contributed by atoms with van der Waals surface area (Å²) in [5.74, 6) is 1.03. The van der Waals surface area contributed by atoms with Gasteiger partial charge in [0.1, 0.15) is 41.7 Å². The second-order valence-electron chi connectivity index (χ2n) is 22.4. The first kappa shape index (κ1) is 58.7. The van der Waals surface area contributed by atoms with E-state index in [0.717, 1.165) is 11.1 Å². The highest BCUT2D eigenvalue weighted by molar-refractivity contribution is 7.44. The van der Waals surface area contributed by atoms with Crippen molar-refractivity contribution < 1.29 is 42.3 Å². The van der Waals surface area contributed by atoms with Gasteiger partial charge in [-0.25, -0.2) is 9.65 Å². The van der Waals surface area contributed by atoms with E-state index in [2.05, 4.69) is 108 Å². The van der Waals surface area contributed by atoms with Crippen LogP contribution in [0.2, 0.25) is 18.1 Å². The third-order valence-electron chi connectivity index (χ3n) is 14.5. The maximum atomic E-state index is 14.1. The van der Waals surface area contributed by atoms with Crippen LogP contribution in [-0.4, -0.2) is 107 Å². The van der Waals surface area contributed by atoms with Crippen molar-refractivity contribution in [3.63, 3.8) is 0 Å². The number of fused-ring (bicyclic) bond motifs is 1. The van der Waals surface area contributed by atoms with E-state index in [1.54, 1.807) is 18.8 Å². The fraction of sp³-hybridized carbons (Fsp3) is 0.466. The molecule has 4 aromatic carbocycles. The Bertz CT molecular complexity index is 2950. The SMILES string of the molecule is COc1ccc(C(c2ccccc2)(c2ccc(OC)cc2)C(O)[C@H]2O[C@@H](n3cnc4c(=O)[nH]c(NC(=O)COc5ccc(C(C)(C)C)cc5)nc43)[C@H](O[Si](C)(C)C(C)(C)C)[C@@H]2OP(OCCC#N)N(C(C)C)C(C)C)cc1. The molecule has 1 saturated heterocycles. The average molecular weight is 1090 g/mol. The minimum Gasteiger partial charge on any atom is -0.497 e. The van der Waals surface area contributed by atoms with Crippen molar-refractivity contribution >= 4 is 39.9 Å². The fourth-order valence-electron chi connectivity index (χ4n) is 9.51. The molecule has 412 valence electrons. The lowest BCUT2D eigenvalue weighted by Gasteiger charge is -2.45. The molecule has 0 spiro atoms. The zero-order valence-electron chi connectivity index (χ0n) is 46.9. The minimum absolute atomic E-state index is 0.0303. The molecule has 1 aliphatic heterocycles. The van der Waals surface area contributed by atoms with Crippen LogP contribution in [0, 0.1) is 11.3 Å². The molecule has 19 heteroatoms. The number of amides is 1. The quantitative estimate of drug-likeness (QED) is 0.0251. The second-order valence-corrected chi connectivity index (χ2v) is 28.5. The van der Waals surface area contributed by atoms with Gasteiger partial charge in [-0.3, -0.25) is 24.5 Å². The third kappa shape index (κ3) is 12.8. The van der Waals surface area contributed by atoms with Crippen LogP contribution >= 0.6 is 8.53 Å². The molecule has 17 nitrogen and oxygen atoms in total. The summed E-state index contributed by atoms with van der Waals surface area (Å²) in [5.41, 5.74) is 1.24. The lowest BCUT2D eigenvalue weighted by atomic mass is 9.64. The van der Waals surface area contributed by atoms with Crippen LogP contribution in [0.5, 0.6) is 17.2 Å². The van der Waals surface area contributed by atoms with Crippen LogP contribution in [0.15, 0.2) is 114 Å². The number of nitrogens with zero attached hydrogens (tertiary/aromatic N) is 5. The second kappa shape index (κ2) is 24.3. The molecule has 0 aliphatic carbocycles. The number of benzene rings is 4. The van der Waals surface area contributed by atoms with E-state index in [1.165, 1.54) is 6.33 Å². The van der Waals surface area contributed by atoms with Gasteiger partial charge in [0.15, 0.2) is 32.3 Å². The van der Waals surface area contributed by atoms with E-state index in [-0.39, 0.29) is 59.3 Å². The highest BCUT2D eigenvalue weighted by Gasteiger charge is 2.60. The van der Waals surface area contributed by atoms with Gasteiger partial charge in [-0.15, -0.1) is 0 Å². The number of aromatic nitrogens is 4. The number of hydrogen-bond donors (Lipinski definition) is 3. The first-order chi connectivity index (χ1) is 36.4. The Labute approximate surface area is 455 Å². The Morgan fingerprint density at radius 3 is 1.91 bits per heavy atom. The number of aliphatic hydroxyl groups excluding tert-OH is 1. The summed E-state index contributed by atoms with van der Waals surface area (Å²) >= 11 is 0. The number of nitriles is 1. The van der Waals surface area contributed by atoms with Crippen molar-refractivity contribution in [2.75, 3.05) is 32.8 Å². The Balaban J connectivity index is 1.44. The van der Waals surface area contributed by atoms with Crippen LogP contribution in [0.25, 0.3) is 11.2 Å². The Kier molecular flexibility index (Phi) is 18.6.